The van der Waals surface area contributed by atoms with Gasteiger partial charge < -0.3 is 18.9 Å². The van der Waals surface area contributed by atoms with Crippen molar-refractivity contribution in [2.24, 2.45) is 11.8 Å². The van der Waals surface area contributed by atoms with Gasteiger partial charge in [0.25, 0.3) is 0 Å². The Morgan fingerprint density at radius 1 is 0.328 bits per heavy atom. The van der Waals surface area contributed by atoms with E-state index in [0.29, 0.717) is 48.7 Å². The molecule has 0 unspecified atom stereocenters. The van der Waals surface area contributed by atoms with Crippen molar-refractivity contribution < 1.29 is 38.1 Å². The standard InChI is InChI=1S/2C28H46O4/c1-23(2)17-11-7-5-9-15-21-31-27(29)25-19-13-14-20-26(25)28(30)32-22-16-10-6-8-12-18-24(3)4;1-3-5-7-9-11-13-15-19-23-31-27(29)25-21-17-18-22-26(25)28(30)32-24-20-16-14-12-10-8-6-4-2/h13-14,19-20,23-24H,5-12,15-18,21-22H2,1-4H3;17-18,21-22H,3-16,19-20,23-24H2,1-2H3. The lowest BCUT2D eigenvalue weighted by Crippen LogP contribution is -2.15. The largest absolute Gasteiger partial charge is 0.462 e. The fraction of sp³-hybridized carbons (Fsp3) is 0.714. The molecule has 0 saturated heterocycles. The van der Waals surface area contributed by atoms with Crippen LogP contribution in [-0.4, -0.2) is 50.3 Å². The highest BCUT2D eigenvalue weighted by molar-refractivity contribution is 6.03. The lowest BCUT2D eigenvalue weighted by molar-refractivity contribution is 0.0450. The van der Waals surface area contributed by atoms with Crippen LogP contribution >= 0.6 is 0 Å². The molecule has 0 bridgehead atoms. The van der Waals surface area contributed by atoms with Crippen LogP contribution in [0.2, 0.25) is 0 Å². The fourth-order valence-corrected chi connectivity index (χ4v) is 7.49. The summed E-state index contributed by atoms with van der Waals surface area (Å²) in [5, 5.41) is 0. The highest BCUT2D eigenvalue weighted by atomic mass is 16.5. The molecule has 0 amide bonds. The molecule has 0 saturated carbocycles. The van der Waals surface area contributed by atoms with E-state index in [0.717, 1.165) is 63.2 Å². The lowest BCUT2D eigenvalue weighted by Gasteiger charge is -2.10. The van der Waals surface area contributed by atoms with Crippen molar-refractivity contribution >= 4 is 23.9 Å². The minimum Gasteiger partial charge on any atom is -0.462 e. The maximum atomic E-state index is 12.5. The van der Waals surface area contributed by atoms with E-state index >= 15 is 0 Å². The molecule has 0 aliphatic carbocycles. The molecular formula is C56H92O8. The monoisotopic (exact) mass is 893 g/mol. The molecule has 8 nitrogen and oxygen atoms in total. The Morgan fingerprint density at radius 2 is 0.531 bits per heavy atom. The Balaban J connectivity index is 0.000000640. The smallest absolute Gasteiger partial charge is 0.339 e. The first-order chi connectivity index (χ1) is 31.1. The topological polar surface area (TPSA) is 105 Å². The predicted octanol–water partition coefficient (Wildman–Crippen LogP) is 16.3. The van der Waals surface area contributed by atoms with Crippen molar-refractivity contribution in [3.05, 3.63) is 70.8 Å². The van der Waals surface area contributed by atoms with E-state index in [1.807, 2.05) is 0 Å². The summed E-state index contributed by atoms with van der Waals surface area (Å²) < 4.78 is 21.7. The summed E-state index contributed by atoms with van der Waals surface area (Å²) in [4.78, 5) is 49.9. The molecule has 64 heavy (non-hydrogen) atoms. The molecule has 0 fully saturated rings. The molecule has 364 valence electrons. The van der Waals surface area contributed by atoms with Gasteiger partial charge in [-0.15, -0.1) is 0 Å². The summed E-state index contributed by atoms with van der Waals surface area (Å²) in [6.45, 7) is 15.0. The quantitative estimate of drug-likeness (QED) is 0.0373. The second kappa shape index (κ2) is 40.8. The Labute approximate surface area is 391 Å². The van der Waals surface area contributed by atoms with Crippen LogP contribution in [0.1, 0.15) is 263 Å². The van der Waals surface area contributed by atoms with Crippen molar-refractivity contribution in [3.63, 3.8) is 0 Å². The van der Waals surface area contributed by atoms with Gasteiger partial charge in [0, 0.05) is 0 Å². The Kier molecular flexibility index (Phi) is 37.2. The van der Waals surface area contributed by atoms with Crippen LogP contribution in [0.5, 0.6) is 0 Å². The van der Waals surface area contributed by atoms with Gasteiger partial charge in [0.05, 0.1) is 48.7 Å². The summed E-state index contributed by atoms with van der Waals surface area (Å²) >= 11 is 0. The van der Waals surface area contributed by atoms with Crippen molar-refractivity contribution in [2.75, 3.05) is 26.4 Å². The molecule has 0 aromatic heterocycles. The molecule has 8 heteroatoms. The minimum atomic E-state index is -0.442. The minimum absolute atomic E-state index is 0.295. The van der Waals surface area contributed by atoms with Gasteiger partial charge in [-0.1, -0.05) is 220 Å². The molecule has 2 aromatic carbocycles. The van der Waals surface area contributed by atoms with E-state index in [1.165, 1.54) is 128 Å². The first-order valence-electron chi connectivity index (χ1n) is 26.0. The Bertz CT molecular complexity index is 1360. The first kappa shape index (κ1) is 58.3. The van der Waals surface area contributed by atoms with Crippen LogP contribution in [0.3, 0.4) is 0 Å². The molecule has 2 rings (SSSR count). The summed E-state index contributed by atoms with van der Waals surface area (Å²) in [6.07, 6.45) is 32.9. The van der Waals surface area contributed by atoms with Crippen molar-refractivity contribution in [2.45, 2.75) is 221 Å². The van der Waals surface area contributed by atoms with E-state index in [2.05, 4.69) is 41.5 Å². The lowest BCUT2D eigenvalue weighted by atomic mass is 10.0. The number of benzene rings is 2. The third-order valence-electron chi connectivity index (χ3n) is 11.5. The molecule has 0 aliphatic heterocycles. The van der Waals surface area contributed by atoms with E-state index in [9.17, 15) is 19.2 Å². The second-order valence-electron chi connectivity index (χ2n) is 18.5. The average molecular weight is 893 g/mol. The Morgan fingerprint density at radius 3 is 0.750 bits per heavy atom. The van der Waals surface area contributed by atoms with Gasteiger partial charge in [-0.3, -0.25) is 0 Å². The number of esters is 4. The number of unbranched alkanes of at least 4 members (excludes halogenated alkanes) is 22. The molecular weight excluding hydrogens is 801 g/mol. The number of ether oxygens (including phenoxy) is 4. The van der Waals surface area contributed by atoms with Crippen molar-refractivity contribution in [1.82, 2.24) is 0 Å². The van der Waals surface area contributed by atoms with Gasteiger partial charge in [-0.05, 0) is 61.8 Å². The van der Waals surface area contributed by atoms with Gasteiger partial charge in [0.15, 0.2) is 0 Å². The molecule has 2 aromatic rings. The zero-order valence-corrected chi connectivity index (χ0v) is 41.7. The SMILES string of the molecule is CC(C)CCCCCCCOC(=O)c1ccccc1C(=O)OCCCCCCCC(C)C.CCCCCCCCCCOC(=O)c1ccccc1C(=O)OCCCCCCCCCC. The fourth-order valence-electron chi connectivity index (χ4n) is 7.49. The summed E-state index contributed by atoms with van der Waals surface area (Å²) in [5.41, 5.74) is 1.19. The number of hydrogen-bond acceptors (Lipinski definition) is 8. The summed E-state index contributed by atoms with van der Waals surface area (Å²) in [7, 11) is 0. The molecule has 0 spiro atoms. The van der Waals surface area contributed by atoms with Crippen LogP contribution in [0.15, 0.2) is 48.5 Å². The summed E-state index contributed by atoms with van der Waals surface area (Å²) in [5.74, 6) is -0.227. The normalized spacial score (nSPS) is 11.0. The van der Waals surface area contributed by atoms with E-state index in [-0.39, 0.29) is 0 Å². The summed E-state index contributed by atoms with van der Waals surface area (Å²) in [6, 6.07) is 13.6. The van der Waals surface area contributed by atoms with Gasteiger partial charge in [0.2, 0.25) is 0 Å². The third kappa shape index (κ3) is 31.2. The number of carbonyl (C=O) groups is 4. The molecule has 0 heterocycles. The van der Waals surface area contributed by atoms with E-state index in [4.69, 9.17) is 18.9 Å². The number of hydrogen-bond donors (Lipinski definition) is 0. The van der Waals surface area contributed by atoms with Crippen LogP contribution < -0.4 is 0 Å². The van der Waals surface area contributed by atoms with E-state index in [1.54, 1.807) is 48.5 Å². The highest BCUT2D eigenvalue weighted by Crippen LogP contribution is 2.17. The highest BCUT2D eigenvalue weighted by Gasteiger charge is 2.20. The molecule has 0 aliphatic rings. The number of rotatable bonds is 38. The predicted molar refractivity (Wildman–Crippen MR) is 264 cm³/mol. The van der Waals surface area contributed by atoms with Crippen molar-refractivity contribution in [3.8, 4) is 0 Å². The van der Waals surface area contributed by atoms with E-state index < -0.39 is 23.9 Å². The van der Waals surface area contributed by atoms with Gasteiger partial charge in [0.1, 0.15) is 0 Å². The molecule has 0 N–H and O–H groups in total. The average Bonchev–Trinajstić information content (AvgIpc) is 3.29. The van der Waals surface area contributed by atoms with Crippen LogP contribution in [0.25, 0.3) is 0 Å². The van der Waals surface area contributed by atoms with Crippen LogP contribution in [0, 0.1) is 11.8 Å². The first-order valence-corrected chi connectivity index (χ1v) is 26.0. The zero-order chi connectivity index (χ0) is 46.9. The van der Waals surface area contributed by atoms with Crippen LogP contribution in [0.4, 0.5) is 0 Å². The van der Waals surface area contributed by atoms with Crippen LogP contribution in [-0.2, 0) is 18.9 Å². The second-order valence-corrected chi connectivity index (χ2v) is 18.5. The van der Waals surface area contributed by atoms with Crippen molar-refractivity contribution in [1.29, 1.82) is 0 Å². The zero-order valence-electron chi connectivity index (χ0n) is 41.7. The molecule has 0 atom stereocenters. The van der Waals surface area contributed by atoms with Gasteiger partial charge in [-0.2, -0.15) is 0 Å². The van der Waals surface area contributed by atoms with Gasteiger partial charge in [-0.25, -0.2) is 19.2 Å². The Hall–Kier alpha value is -3.68. The maximum Gasteiger partial charge on any atom is 0.339 e. The number of carbonyl (C=O) groups excluding carboxylic acids is 4. The third-order valence-corrected chi connectivity index (χ3v) is 11.5. The maximum absolute atomic E-state index is 12.5. The molecule has 0 radical (unpaired) electrons. The van der Waals surface area contributed by atoms with Gasteiger partial charge >= 0.3 is 23.9 Å².